The molecular formula is C24H21ClFN7O4S. The number of carbonyl (C=O) groups is 1. The number of anilines is 3. The Morgan fingerprint density at radius 3 is 2.63 bits per heavy atom. The molecule has 0 aliphatic heterocycles. The number of carbonyl (C=O) groups excluding carboxylic acids is 1. The minimum absolute atomic E-state index is 0.0126. The Bertz CT molecular complexity index is 1680. The van der Waals surface area contributed by atoms with Gasteiger partial charge >= 0.3 is 0 Å². The molecule has 196 valence electrons. The number of methoxy groups -OCH3 is 1. The molecule has 1 aliphatic rings. The quantitative estimate of drug-likeness (QED) is 0.291. The van der Waals surface area contributed by atoms with Crippen LogP contribution in [0.3, 0.4) is 0 Å². The Hall–Kier alpha value is -4.10. The van der Waals surface area contributed by atoms with Crippen LogP contribution in [0.25, 0.3) is 22.2 Å². The van der Waals surface area contributed by atoms with Gasteiger partial charge in [0.1, 0.15) is 5.82 Å². The van der Waals surface area contributed by atoms with Gasteiger partial charge in [-0.05, 0) is 31.0 Å². The maximum Gasteiger partial charge on any atom is 0.267 e. The van der Waals surface area contributed by atoms with Gasteiger partial charge in [-0.25, -0.2) is 27.8 Å². The van der Waals surface area contributed by atoms with E-state index in [1.54, 1.807) is 13.1 Å². The minimum Gasteiger partial charge on any atom is -0.480 e. The first kappa shape index (κ1) is 25.5. The average Bonchev–Trinajstić information content (AvgIpc) is 3.75. The van der Waals surface area contributed by atoms with Crippen LogP contribution < -0.4 is 20.1 Å². The van der Waals surface area contributed by atoms with Gasteiger partial charge in [0.15, 0.2) is 16.4 Å². The van der Waals surface area contributed by atoms with Gasteiger partial charge in [-0.15, -0.1) is 0 Å². The summed E-state index contributed by atoms with van der Waals surface area (Å²) in [7, 11) is -1.45. The van der Waals surface area contributed by atoms with Gasteiger partial charge in [-0.1, -0.05) is 23.7 Å². The van der Waals surface area contributed by atoms with Gasteiger partial charge < -0.3 is 10.1 Å². The fourth-order valence-electron chi connectivity index (χ4n) is 3.75. The van der Waals surface area contributed by atoms with Crippen LogP contribution in [0, 0.1) is 11.7 Å². The Kier molecular flexibility index (Phi) is 6.71. The zero-order chi connectivity index (χ0) is 27.0. The lowest BCUT2D eigenvalue weighted by molar-refractivity contribution is -0.117. The zero-order valence-corrected chi connectivity index (χ0v) is 21.7. The highest BCUT2D eigenvalue weighted by Crippen LogP contribution is 2.35. The van der Waals surface area contributed by atoms with Crippen LogP contribution in [0.2, 0.25) is 5.02 Å². The largest absolute Gasteiger partial charge is 0.480 e. The summed E-state index contributed by atoms with van der Waals surface area (Å²) in [6, 6.07) is 7.06. The number of aromatic nitrogens is 4. The third kappa shape index (κ3) is 5.02. The average molecular weight is 558 g/mol. The Labute approximate surface area is 221 Å². The second-order valence-electron chi connectivity index (χ2n) is 8.44. The van der Waals surface area contributed by atoms with E-state index in [1.807, 2.05) is 0 Å². The third-order valence-electron chi connectivity index (χ3n) is 5.79. The van der Waals surface area contributed by atoms with E-state index in [2.05, 4.69) is 35.3 Å². The first-order chi connectivity index (χ1) is 18.2. The minimum atomic E-state index is -4.31. The molecule has 0 bridgehead atoms. The van der Waals surface area contributed by atoms with Crippen LogP contribution in [0.5, 0.6) is 5.88 Å². The van der Waals surface area contributed by atoms with E-state index in [-0.39, 0.29) is 56.3 Å². The molecule has 0 unspecified atom stereocenters. The summed E-state index contributed by atoms with van der Waals surface area (Å²) in [5, 5.41) is 6.15. The molecule has 1 amide bonds. The predicted molar refractivity (Wildman–Crippen MR) is 140 cm³/mol. The molecule has 0 spiro atoms. The van der Waals surface area contributed by atoms with E-state index in [0.717, 1.165) is 18.9 Å². The maximum atomic E-state index is 15.7. The topological polar surface area (TPSA) is 148 Å². The second kappa shape index (κ2) is 9.99. The van der Waals surface area contributed by atoms with E-state index in [9.17, 15) is 13.2 Å². The fraction of sp³-hybridized carbons (Fsp3) is 0.208. The lowest BCUT2D eigenvalue weighted by Gasteiger charge is -2.15. The molecule has 0 atom stereocenters. The lowest BCUT2D eigenvalue weighted by atomic mass is 10.0. The molecular weight excluding hydrogens is 537 g/mol. The SMILES string of the molecule is CNc1nc2nc(NC(=O)C3CC3)ncc2cc1-c1cccc(NS(=O)(=O)c2cc(Cl)cnc2OC)c1F. The number of rotatable bonds is 8. The van der Waals surface area contributed by atoms with Crippen LogP contribution in [-0.2, 0) is 14.8 Å². The molecule has 3 N–H and O–H groups in total. The summed E-state index contributed by atoms with van der Waals surface area (Å²) in [5.74, 6) is -0.761. The Morgan fingerprint density at radius 1 is 1.13 bits per heavy atom. The van der Waals surface area contributed by atoms with E-state index >= 15 is 4.39 Å². The molecule has 14 heteroatoms. The maximum absolute atomic E-state index is 15.7. The number of nitrogens with zero attached hydrogens (tertiary/aromatic N) is 4. The van der Waals surface area contributed by atoms with Crippen molar-refractivity contribution in [3.8, 4) is 17.0 Å². The van der Waals surface area contributed by atoms with Crippen molar-refractivity contribution >= 4 is 56.0 Å². The molecule has 4 aromatic rings. The summed E-state index contributed by atoms with van der Waals surface area (Å²) in [5.41, 5.74) is 0.406. The van der Waals surface area contributed by atoms with Crippen molar-refractivity contribution in [3.63, 3.8) is 0 Å². The van der Waals surface area contributed by atoms with Gasteiger partial charge in [0.2, 0.25) is 17.7 Å². The summed E-state index contributed by atoms with van der Waals surface area (Å²) < 4.78 is 49.1. The van der Waals surface area contributed by atoms with Gasteiger partial charge in [-0.2, -0.15) is 4.98 Å². The van der Waals surface area contributed by atoms with Crippen molar-refractivity contribution in [2.24, 2.45) is 5.92 Å². The van der Waals surface area contributed by atoms with Crippen LogP contribution in [0.15, 0.2) is 47.6 Å². The molecule has 3 aromatic heterocycles. The van der Waals surface area contributed by atoms with Crippen molar-refractivity contribution in [2.45, 2.75) is 17.7 Å². The van der Waals surface area contributed by atoms with Crippen molar-refractivity contribution in [1.29, 1.82) is 0 Å². The van der Waals surface area contributed by atoms with Crippen molar-refractivity contribution in [3.05, 3.63) is 53.6 Å². The summed E-state index contributed by atoms with van der Waals surface area (Å²) >= 11 is 5.92. The molecule has 0 saturated heterocycles. The molecule has 1 saturated carbocycles. The van der Waals surface area contributed by atoms with Crippen LogP contribution in [-0.4, -0.2) is 48.4 Å². The number of benzene rings is 1. The van der Waals surface area contributed by atoms with Gasteiger partial charge in [0.25, 0.3) is 10.0 Å². The number of halogens is 2. The Balaban J connectivity index is 1.51. The van der Waals surface area contributed by atoms with Crippen molar-refractivity contribution in [2.75, 3.05) is 29.5 Å². The fourth-order valence-corrected chi connectivity index (χ4v) is 5.18. The first-order valence-corrected chi connectivity index (χ1v) is 13.2. The van der Waals surface area contributed by atoms with E-state index in [1.165, 1.54) is 37.7 Å². The van der Waals surface area contributed by atoms with Gasteiger partial charge in [0, 0.05) is 41.9 Å². The molecule has 3 heterocycles. The number of pyridine rings is 2. The van der Waals surface area contributed by atoms with Gasteiger partial charge in [0.05, 0.1) is 17.8 Å². The lowest BCUT2D eigenvalue weighted by Crippen LogP contribution is -2.16. The molecule has 5 rings (SSSR count). The highest BCUT2D eigenvalue weighted by Gasteiger charge is 2.30. The highest BCUT2D eigenvalue weighted by atomic mass is 35.5. The number of hydrogen-bond acceptors (Lipinski definition) is 9. The number of ether oxygens (including phenoxy) is 1. The number of nitrogens with one attached hydrogen (secondary N) is 3. The van der Waals surface area contributed by atoms with Crippen LogP contribution in [0.1, 0.15) is 12.8 Å². The van der Waals surface area contributed by atoms with E-state index in [4.69, 9.17) is 16.3 Å². The molecule has 11 nitrogen and oxygen atoms in total. The molecule has 1 aliphatic carbocycles. The number of sulfonamides is 1. The van der Waals surface area contributed by atoms with E-state index < -0.39 is 15.8 Å². The molecule has 1 fully saturated rings. The predicted octanol–water partition coefficient (Wildman–Crippen LogP) is 4.08. The smallest absolute Gasteiger partial charge is 0.267 e. The number of amides is 1. The zero-order valence-electron chi connectivity index (χ0n) is 20.1. The normalized spacial score (nSPS) is 13.3. The standard InChI is InChI=1S/C24H21ClFN7O4S/c1-27-21-16(8-13-10-29-24(31-20(13)30-21)32-22(34)12-6-7-12)15-4-3-5-17(19(15)26)33-38(35,36)18-9-14(25)11-28-23(18)37-2/h3-5,8-12,33H,6-7H2,1-2H3,(H2,27,29,30,31,32,34). The monoisotopic (exact) mass is 557 g/mol. The molecule has 1 aromatic carbocycles. The summed E-state index contributed by atoms with van der Waals surface area (Å²) in [6.07, 6.45) is 4.40. The molecule has 0 radical (unpaired) electrons. The summed E-state index contributed by atoms with van der Waals surface area (Å²) in [4.78, 5) is 28.5. The molecule has 38 heavy (non-hydrogen) atoms. The van der Waals surface area contributed by atoms with Crippen LogP contribution >= 0.6 is 11.6 Å². The van der Waals surface area contributed by atoms with Crippen LogP contribution in [0.4, 0.5) is 21.8 Å². The number of hydrogen-bond donors (Lipinski definition) is 3. The number of fused-ring (bicyclic) bond motifs is 1. The van der Waals surface area contributed by atoms with Crippen molar-refractivity contribution in [1.82, 2.24) is 19.9 Å². The van der Waals surface area contributed by atoms with Gasteiger partial charge in [-0.3, -0.25) is 14.8 Å². The third-order valence-corrected chi connectivity index (χ3v) is 7.36. The second-order valence-corrected chi connectivity index (χ2v) is 10.5. The first-order valence-electron chi connectivity index (χ1n) is 11.4. The summed E-state index contributed by atoms with van der Waals surface area (Å²) in [6.45, 7) is 0. The van der Waals surface area contributed by atoms with Crippen molar-refractivity contribution < 1.29 is 22.3 Å². The van der Waals surface area contributed by atoms with E-state index in [0.29, 0.717) is 10.9 Å². The highest BCUT2D eigenvalue weighted by molar-refractivity contribution is 7.92. The Morgan fingerprint density at radius 2 is 1.92 bits per heavy atom.